The van der Waals surface area contributed by atoms with Gasteiger partial charge in [-0.15, -0.1) is 0 Å². The minimum atomic E-state index is -0.823. The van der Waals surface area contributed by atoms with Gasteiger partial charge in [-0.25, -0.2) is 5.10 Å². The van der Waals surface area contributed by atoms with Crippen molar-refractivity contribution < 1.29 is 9.85 Å². The van der Waals surface area contributed by atoms with Crippen molar-refractivity contribution in [3.63, 3.8) is 0 Å². The molecule has 0 aliphatic carbocycles. The molecule has 3 heterocycles. The van der Waals surface area contributed by atoms with E-state index < -0.39 is 21.4 Å². The van der Waals surface area contributed by atoms with Crippen LogP contribution in [0.2, 0.25) is 0 Å². The van der Waals surface area contributed by atoms with Gasteiger partial charge in [-0.3, -0.25) is 25.0 Å². The zero-order valence-electron chi connectivity index (χ0n) is 15.9. The Balaban J connectivity index is 1.77. The van der Waals surface area contributed by atoms with E-state index in [0.29, 0.717) is 22.4 Å². The molecule has 0 amide bonds. The number of nitro groups is 2. The Morgan fingerprint density at radius 2 is 1.75 bits per heavy atom. The lowest BCUT2D eigenvalue weighted by atomic mass is 9.92. The van der Waals surface area contributed by atoms with Crippen molar-refractivity contribution in [2.75, 3.05) is 5.32 Å². The molecule has 4 aromatic rings. The van der Waals surface area contributed by atoms with Gasteiger partial charge in [0.25, 0.3) is 16.9 Å². The number of fused-ring (bicyclic) bond motifs is 2. The molecule has 2 aromatic heterocycles. The molecule has 1 atom stereocenters. The van der Waals surface area contributed by atoms with Crippen LogP contribution in [0.1, 0.15) is 17.2 Å². The maximum atomic E-state index is 12.6. The van der Waals surface area contributed by atoms with Crippen LogP contribution in [0, 0.1) is 20.2 Å². The number of anilines is 2. The van der Waals surface area contributed by atoms with Crippen molar-refractivity contribution in [3.8, 4) is 11.3 Å². The molecule has 158 valence electrons. The fourth-order valence-corrected chi connectivity index (χ4v) is 3.62. The number of aromatic nitrogens is 6. The summed E-state index contributed by atoms with van der Waals surface area (Å²) in [5.41, 5.74) is 0.919. The first-order valence-corrected chi connectivity index (χ1v) is 9.10. The SMILES string of the molecule is O=c1[nH]nc(-c2ccc([N+](=O)[O-])cc2)c2c1Nc1nnnn1C2c1cccc([N+](=O)[O-])c1. The highest BCUT2D eigenvalue weighted by Crippen LogP contribution is 2.41. The molecule has 0 radical (unpaired) electrons. The second-order valence-electron chi connectivity index (χ2n) is 6.82. The van der Waals surface area contributed by atoms with Crippen LogP contribution >= 0.6 is 0 Å². The molecule has 0 fully saturated rings. The molecule has 5 rings (SSSR count). The summed E-state index contributed by atoms with van der Waals surface area (Å²) >= 11 is 0. The highest BCUT2D eigenvalue weighted by molar-refractivity contribution is 5.76. The van der Waals surface area contributed by atoms with Crippen LogP contribution in [-0.2, 0) is 0 Å². The Hall–Kier alpha value is -5.01. The number of benzene rings is 2. The zero-order chi connectivity index (χ0) is 22.4. The lowest BCUT2D eigenvalue weighted by molar-refractivity contribution is -0.385. The van der Waals surface area contributed by atoms with Gasteiger partial charge in [0.05, 0.1) is 15.5 Å². The number of nitrogens with one attached hydrogen (secondary N) is 2. The first-order valence-electron chi connectivity index (χ1n) is 9.10. The maximum absolute atomic E-state index is 12.6. The molecule has 0 saturated heterocycles. The first kappa shape index (κ1) is 19.0. The van der Waals surface area contributed by atoms with E-state index in [-0.39, 0.29) is 23.0 Å². The summed E-state index contributed by atoms with van der Waals surface area (Å²) in [6, 6.07) is 10.7. The average Bonchev–Trinajstić information content (AvgIpc) is 3.26. The number of hydrogen-bond acceptors (Lipinski definition) is 10. The number of non-ortho nitro benzene ring substituents is 2. The smallest absolute Gasteiger partial charge is 0.288 e. The summed E-state index contributed by atoms with van der Waals surface area (Å²) in [5, 5.41) is 43.3. The van der Waals surface area contributed by atoms with Crippen LogP contribution in [-0.4, -0.2) is 40.3 Å². The van der Waals surface area contributed by atoms with Crippen molar-refractivity contribution in [2.24, 2.45) is 0 Å². The van der Waals surface area contributed by atoms with E-state index in [2.05, 4.69) is 31.0 Å². The van der Waals surface area contributed by atoms with E-state index in [1.807, 2.05) is 0 Å². The monoisotopic (exact) mass is 433 g/mol. The van der Waals surface area contributed by atoms with Crippen molar-refractivity contribution >= 4 is 23.0 Å². The Kier molecular flexibility index (Phi) is 4.18. The molecule has 14 nitrogen and oxygen atoms in total. The summed E-state index contributed by atoms with van der Waals surface area (Å²) in [4.78, 5) is 33.9. The Morgan fingerprint density at radius 1 is 1.00 bits per heavy atom. The summed E-state index contributed by atoms with van der Waals surface area (Å²) < 4.78 is 1.39. The fraction of sp³-hybridized carbons (Fsp3) is 0.0556. The normalized spacial score (nSPS) is 14.2. The largest absolute Gasteiger partial charge is 0.318 e. The summed E-state index contributed by atoms with van der Waals surface area (Å²) in [5.74, 6) is 0.167. The van der Waals surface area contributed by atoms with Gasteiger partial charge in [0, 0.05) is 35.4 Å². The van der Waals surface area contributed by atoms with E-state index >= 15 is 0 Å². The quantitative estimate of drug-likeness (QED) is 0.313. The molecule has 2 N–H and O–H groups in total. The van der Waals surface area contributed by atoms with E-state index in [9.17, 15) is 25.0 Å². The third-order valence-electron chi connectivity index (χ3n) is 5.02. The minimum absolute atomic E-state index is 0.108. The minimum Gasteiger partial charge on any atom is -0.318 e. The van der Waals surface area contributed by atoms with Gasteiger partial charge in [0.2, 0.25) is 5.95 Å². The van der Waals surface area contributed by atoms with Gasteiger partial charge in [-0.2, -0.15) is 9.78 Å². The summed E-state index contributed by atoms with van der Waals surface area (Å²) in [6.45, 7) is 0. The predicted octanol–water partition coefficient (Wildman–Crippen LogP) is 1.93. The van der Waals surface area contributed by atoms with Gasteiger partial charge >= 0.3 is 0 Å². The Bertz CT molecular complexity index is 1440. The highest BCUT2D eigenvalue weighted by Gasteiger charge is 2.35. The van der Waals surface area contributed by atoms with Gasteiger partial charge in [0.1, 0.15) is 11.7 Å². The number of tetrazole rings is 1. The molecule has 2 aromatic carbocycles. The fourth-order valence-electron chi connectivity index (χ4n) is 3.62. The highest BCUT2D eigenvalue weighted by atomic mass is 16.6. The van der Waals surface area contributed by atoms with Crippen LogP contribution in [0.3, 0.4) is 0 Å². The molecule has 14 heteroatoms. The molecule has 0 bridgehead atoms. The first-order chi connectivity index (χ1) is 15.4. The Labute approximate surface area is 176 Å². The molecule has 1 aliphatic heterocycles. The van der Waals surface area contributed by atoms with Crippen molar-refractivity contribution in [1.82, 2.24) is 30.4 Å². The number of hydrogen-bond donors (Lipinski definition) is 2. The third-order valence-corrected chi connectivity index (χ3v) is 5.02. The average molecular weight is 433 g/mol. The lowest BCUT2D eigenvalue weighted by Gasteiger charge is -2.27. The summed E-state index contributed by atoms with van der Waals surface area (Å²) in [6.07, 6.45) is 0. The second-order valence-corrected chi connectivity index (χ2v) is 6.82. The zero-order valence-corrected chi connectivity index (χ0v) is 15.9. The van der Waals surface area contributed by atoms with E-state index in [1.165, 1.54) is 47.1 Å². The van der Waals surface area contributed by atoms with Gasteiger partial charge in [-0.05, 0) is 28.1 Å². The number of nitro benzene ring substituents is 2. The van der Waals surface area contributed by atoms with Crippen molar-refractivity contribution in [3.05, 3.63) is 90.2 Å². The standard InChI is InChI=1S/C18H11N9O5/c28-17-15-13(14(20-21-17)9-4-6-11(7-5-9)26(29)30)16(25-18(19-15)22-23-24-25)10-2-1-3-12(8-10)27(31)32/h1-8,16H,(H,21,28)(H,19,22,24). The third kappa shape index (κ3) is 2.94. The second kappa shape index (κ2) is 7.05. The van der Waals surface area contributed by atoms with Crippen LogP contribution in [0.15, 0.2) is 53.3 Å². The van der Waals surface area contributed by atoms with E-state index in [4.69, 9.17) is 0 Å². The van der Waals surface area contributed by atoms with Gasteiger partial charge in [-0.1, -0.05) is 17.2 Å². The number of nitrogens with zero attached hydrogens (tertiary/aromatic N) is 7. The molecule has 32 heavy (non-hydrogen) atoms. The molecule has 0 spiro atoms. The van der Waals surface area contributed by atoms with Crippen molar-refractivity contribution in [2.45, 2.75) is 6.04 Å². The molecule has 0 saturated carbocycles. The van der Waals surface area contributed by atoms with Crippen LogP contribution in [0.4, 0.5) is 23.0 Å². The van der Waals surface area contributed by atoms with E-state index in [0.717, 1.165) is 0 Å². The van der Waals surface area contributed by atoms with Gasteiger partial charge < -0.3 is 5.32 Å². The molecule has 1 unspecified atom stereocenters. The van der Waals surface area contributed by atoms with Gasteiger partial charge in [0.15, 0.2) is 0 Å². The predicted molar refractivity (Wildman–Crippen MR) is 108 cm³/mol. The van der Waals surface area contributed by atoms with Crippen LogP contribution in [0.25, 0.3) is 11.3 Å². The topological polar surface area (TPSA) is 188 Å². The number of rotatable bonds is 4. The lowest BCUT2D eigenvalue weighted by Crippen LogP contribution is -2.29. The van der Waals surface area contributed by atoms with Crippen LogP contribution < -0.4 is 10.9 Å². The molecular weight excluding hydrogens is 422 g/mol. The summed E-state index contributed by atoms with van der Waals surface area (Å²) in [7, 11) is 0. The molecular formula is C18H11N9O5. The maximum Gasteiger partial charge on any atom is 0.288 e. The van der Waals surface area contributed by atoms with E-state index in [1.54, 1.807) is 6.07 Å². The van der Waals surface area contributed by atoms with Crippen LogP contribution in [0.5, 0.6) is 0 Å². The van der Waals surface area contributed by atoms with Crippen molar-refractivity contribution in [1.29, 1.82) is 0 Å². The number of aromatic amines is 1. The Morgan fingerprint density at radius 3 is 2.47 bits per heavy atom. The molecule has 1 aliphatic rings. The number of H-pyrrole nitrogens is 1.